The minimum atomic E-state index is -0.180. The molecule has 0 aliphatic carbocycles. The third-order valence-electron chi connectivity index (χ3n) is 5.25. The van der Waals surface area contributed by atoms with E-state index in [1.165, 1.54) is 6.92 Å². The summed E-state index contributed by atoms with van der Waals surface area (Å²) in [6, 6.07) is 16.6. The molecule has 180 valence electrons. The Morgan fingerprint density at radius 3 is 2.31 bits per heavy atom. The molecule has 0 saturated heterocycles. The Labute approximate surface area is 202 Å². The zero-order valence-electron chi connectivity index (χ0n) is 19.7. The summed E-state index contributed by atoms with van der Waals surface area (Å²) in [5.41, 5.74) is 3.47. The molecule has 0 atom stereocenters. The molecule has 2 amide bonds. The molecule has 0 radical (unpaired) electrons. The summed E-state index contributed by atoms with van der Waals surface area (Å²) in [5, 5.41) is 18.1. The molecule has 2 N–H and O–H groups in total. The molecule has 0 unspecified atom stereocenters. The summed E-state index contributed by atoms with van der Waals surface area (Å²) in [6.45, 7) is 6.24. The molecule has 0 aliphatic rings. The molecule has 0 fully saturated rings. The Hall–Kier alpha value is -4.31. The number of hydrogen-bond donors (Lipinski definition) is 2. The minimum absolute atomic E-state index is 0.142. The smallest absolute Gasteiger partial charge is 0.253 e. The van der Waals surface area contributed by atoms with Gasteiger partial charge in [-0.25, -0.2) is 0 Å². The van der Waals surface area contributed by atoms with E-state index in [1.807, 2.05) is 42.2 Å². The lowest BCUT2D eigenvalue weighted by Crippen LogP contribution is -2.32. The second-order valence-electron chi connectivity index (χ2n) is 7.94. The lowest BCUT2D eigenvalue weighted by molar-refractivity contribution is -0.117. The van der Waals surface area contributed by atoms with Crippen LogP contribution in [-0.2, 0) is 16.1 Å². The van der Waals surface area contributed by atoms with Crippen LogP contribution in [0.1, 0.15) is 25.5 Å². The maximum atomic E-state index is 12.6. The fourth-order valence-electron chi connectivity index (χ4n) is 3.55. The molecule has 4 rings (SSSR count). The molecule has 0 saturated carbocycles. The summed E-state index contributed by atoms with van der Waals surface area (Å²) in [7, 11) is 0. The number of nitrogens with one attached hydrogen (secondary N) is 2. The molecule has 0 spiro atoms. The van der Waals surface area contributed by atoms with Crippen molar-refractivity contribution in [1.82, 2.24) is 20.3 Å². The molecule has 2 aromatic heterocycles. The third-order valence-corrected chi connectivity index (χ3v) is 5.25. The van der Waals surface area contributed by atoms with Crippen molar-refractivity contribution in [3.8, 4) is 22.7 Å². The SMILES string of the molecule is CCN(CC(=O)Nc1ccc(NC(C)=O)cc1)Cc1nnc(-c2c(-c3ccccc3)noc2C)o1. The molecule has 2 aromatic carbocycles. The van der Waals surface area contributed by atoms with Gasteiger partial charge in [-0.3, -0.25) is 14.5 Å². The quantitative estimate of drug-likeness (QED) is 0.371. The van der Waals surface area contributed by atoms with Crippen LogP contribution in [0.2, 0.25) is 0 Å². The van der Waals surface area contributed by atoms with Crippen molar-refractivity contribution < 1.29 is 18.5 Å². The zero-order valence-corrected chi connectivity index (χ0v) is 19.7. The molecule has 10 heteroatoms. The predicted molar refractivity (Wildman–Crippen MR) is 130 cm³/mol. The number of aryl methyl sites for hydroxylation is 1. The third kappa shape index (κ3) is 5.98. The van der Waals surface area contributed by atoms with Crippen LogP contribution in [0, 0.1) is 6.92 Å². The average molecular weight is 475 g/mol. The topological polar surface area (TPSA) is 126 Å². The van der Waals surface area contributed by atoms with E-state index in [2.05, 4.69) is 26.0 Å². The van der Waals surface area contributed by atoms with Crippen LogP contribution >= 0.6 is 0 Å². The maximum absolute atomic E-state index is 12.6. The number of rotatable bonds is 9. The van der Waals surface area contributed by atoms with Gasteiger partial charge in [0, 0.05) is 23.9 Å². The van der Waals surface area contributed by atoms with Crippen LogP contribution in [0.25, 0.3) is 22.7 Å². The highest BCUT2D eigenvalue weighted by molar-refractivity contribution is 5.93. The van der Waals surface area contributed by atoms with E-state index in [0.717, 1.165) is 5.56 Å². The highest BCUT2D eigenvalue weighted by Crippen LogP contribution is 2.33. The Balaban J connectivity index is 1.40. The van der Waals surface area contributed by atoms with Gasteiger partial charge in [0.15, 0.2) is 0 Å². The first-order valence-corrected chi connectivity index (χ1v) is 11.2. The van der Waals surface area contributed by atoms with E-state index in [4.69, 9.17) is 8.94 Å². The highest BCUT2D eigenvalue weighted by Gasteiger charge is 2.22. The number of anilines is 2. The van der Waals surface area contributed by atoms with Crippen LogP contribution in [0.4, 0.5) is 11.4 Å². The van der Waals surface area contributed by atoms with Gasteiger partial charge in [-0.15, -0.1) is 10.2 Å². The van der Waals surface area contributed by atoms with Gasteiger partial charge in [0.25, 0.3) is 5.89 Å². The van der Waals surface area contributed by atoms with Crippen LogP contribution in [0.5, 0.6) is 0 Å². The number of amides is 2. The van der Waals surface area contributed by atoms with Gasteiger partial charge in [-0.05, 0) is 37.7 Å². The monoisotopic (exact) mass is 474 g/mol. The van der Waals surface area contributed by atoms with Gasteiger partial charge in [0.2, 0.25) is 17.7 Å². The second-order valence-corrected chi connectivity index (χ2v) is 7.94. The molecule has 0 aliphatic heterocycles. The number of likely N-dealkylation sites (N-methyl/N-ethyl adjacent to an activating group) is 1. The maximum Gasteiger partial charge on any atom is 0.253 e. The van der Waals surface area contributed by atoms with Crippen LogP contribution in [0.3, 0.4) is 0 Å². The first-order valence-electron chi connectivity index (χ1n) is 11.2. The van der Waals surface area contributed by atoms with Crippen molar-refractivity contribution >= 4 is 23.2 Å². The highest BCUT2D eigenvalue weighted by atomic mass is 16.5. The first-order chi connectivity index (χ1) is 16.9. The standard InChI is InChI=1S/C25H26N6O4/c1-4-31(14-21(33)27-20-12-10-19(11-13-20)26-17(3)32)15-22-28-29-25(34-22)23-16(2)35-30-24(23)18-8-6-5-7-9-18/h5-13H,4,14-15H2,1-3H3,(H,26,32)(H,27,33). The molecule has 2 heterocycles. The predicted octanol–water partition coefficient (Wildman–Crippen LogP) is 4.12. The van der Waals surface area contributed by atoms with E-state index in [9.17, 15) is 9.59 Å². The number of nitrogens with zero attached hydrogens (tertiary/aromatic N) is 4. The van der Waals surface area contributed by atoms with Gasteiger partial charge in [0.1, 0.15) is 17.0 Å². The molecule has 35 heavy (non-hydrogen) atoms. The largest absolute Gasteiger partial charge is 0.419 e. The van der Waals surface area contributed by atoms with Crippen LogP contribution in [0.15, 0.2) is 63.5 Å². The van der Waals surface area contributed by atoms with Crippen LogP contribution < -0.4 is 10.6 Å². The Morgan fingerprint density at radius 1 is 0.971 bits per heavy atom. The van der Waals surface area contributed by atoms with Gasteiger partial charge in [-0.2, -0.15) is 0 Å². The molecule has 4 aromatic rings. The first kappa shape index (κ1) is 23.8. The molecular weight excluding hydrogens is 448 g/mol. The number of aromatic nitrogens is 3. The van der Waals surface area contributed by atoms with Gasteiger partial charge in [-0.1, -0.05) is 42.4 Å². The number of carbonyl (C=O) groups is 2. The zero-order chi connectivity index (χ0) is 24.8. The van der Waals surface area contributed by atoms with Crippen LogP contribution in [-0.4, -0.2) is 45.2 Å². The second kappa shape index (κ2) is 10.7. The summed E-state index contributed by atoms with van der Waals surface area (Å²) < 4.78 is 11.3. The lowest BCUT2D eigenvalue weighted by atomic mass is 10.1. The molecule has 0 bridgehead atoms. The minimum Gasteiger partial charge on any atom is -0.419 e. The van der Waals surface area contributed by atoms with Gasteiger partial charge < -0.3 is 19.6 Å². The fraction of sp³-hybridized carbons (Fsp3) is 0.240. The number of carbonyl (C=O) groups excluding carboxylic acids is 2. The number of benzene rings is 2. The number of hydrogen-bond acceptors (Lipinski definition) is 8. The fourth-order valence-corrected chi connectivity index (χ4v) is 3.55. The van der Waals surface area contributed by atoms with E-state index >= 15 is 0 Å². The van der Waals surface area contributed by atoms with E-state index in [1.54, 1.807) is 31.2 Å². The molecule has 10 nitrogen and oxygen atoms in total. The Kier molecular flexibility index (Phi) is 7.32. The normalized spacial score (nSPS) is 11.0. The Bertz CT molecular complexity index is 1300. The van der Waals surface area contributed by atoms with E-state index < -0.39 is 0 Å². The van der Waals surface area contributed by atoms with Gasteiger partial charge in [0.05, 0.1) is 13.1 Å². The summed E-state index contributed by atoms with van der Waals surface area (Å²) >= 11 is 0. The Morgan fingerprint density at radius 2 is 1.66 bits per heavy atom. The molecular formula is C25H26N6O4. The van der Waals surface area contributed by atoms with Gasteiger partial charge >= 0.3 is 0 Å². The average Bonchev–Trinajstić information content (AvgIpc) is 3.46. The van der Waals surface area contributed by atoms with Crippen molar-refractivity contribution in [2.24, 2.45) is 0 Å². The van der Waals surface area contributed by atoms with Crippen molar-refractivity contribution in [2.75, 3.05) is 23.7 Å². The van der Waals surface area contributed by atoms with Crippen molar-refractivity contribution in [3.05, 3.63) is 66.2 Å². The summed E-state index contributed by atoms with van der Waals surface area (Å²) in [4.78, 5) is 25.6. The summed E-state index contributed by atoms with van der Waals surface area (Å²) in [5.74, 6) is 0.946. The van der Waals surface area contributed by atoms with Crippen molar-refractivity contribution in [2.45, 2.75) is 27.3 Å². The summed E-state index contributed by atoms with van der Waals surface area (Å²) in [6.07, 6.45) is 0. The lowest BCUT2D eigenvalue weighted by Gasteiger charge is -2.17. The van der Waals surface area contributed by atoms with E-state index in [-0.39, 0.29) is 18.4 Å². The van der Waals surface area contributed by atoms with E-state index in [0.29, 0.717) is 53.3 Å². The van der Waals surface area contributed by atoms with Crippen molar-refractivity contribution in [1.29, 1.82) is 0 Å². The van der Waals surface area contributed by atoms with Crippen molar-refractivity contribution in [3.63, 3.8) is 0 Å².